The van der Waals surface area contributed by atoms with Gasteiger partial charge in [-0.3, -0.25) is 47.2 Å². The number of carbonyl (C=O) groups is 8. The molecule has 4 aliphatic heterocycles. The van der Waals surface area contributed by atoms with E-state index in [1.54, 1.807) is 5.01 Å². The zero-order valence-electron chi connectivity index (χ0n) is 37.4. The number of hydrogen-bond acceptors (Lipinski definition) is 20. The van der Waals surface area contributed by atoms with Crippen LogP contribution in [0.2, 0.25) is 0 Å². The highest BCUT2D eigenvalue weighted by molar-refractivity contribution is 5.84. The zero-order chi connectivity index (χ0) is 50.3. The number of nitrogens with one attached hydrogen (secondary N) is 6. The second-order valence-corrected chi connectivity index (χ2v) is 14.5. The fraction of sp³-hybridized carbons (Fsp3) is 0.784. The number of aliphatic hydroxyl groups is 6. The minimum Gasteiger partial charge on any atom is -0.479 e. The monoisotopic (exact) mass is 965 g/mol. The van der Waals surface area contributed by atoms with Crippen LogP contribution in [0.4, 0.5) is 0 Å². The maximum atomic E-state index is 11.3. The summed E-state index contributed by atoms with van der Waals surface area (Å²) in [7, 11) is 0. The van der Waals surface area contributed by atoms with Crippen molar-refractivity contribution in [1.29, 1.82) is 0 Å². The smallest absolute Gasteiger partial charge is 0.335 e. The fourth-order valence-corrected chi connectivity index (χ4v) is 5.05. The fourth-order valence-electron chi connectivity index (χ4n) is 5.05. The van der Waals surface area contributed by atoms with Crippen LogP contribution in [0.5, 0.6) is 0 Å². The van der Waals surface area contributed by atoms with Gasteiger partial charge in [0.2, 0.25) is 11.8 Å². The Kier molecular flexibility index (Phi) is 42.1. The number of hydrogen-bond donors (Lipinski definition) is 18. The summed E-state index contributed by atoms with van der Waals surface area (Å²) in [5.41, 5.74) is 18.6. The van der Waals surface area contributed by atoms with E-state index in [1.165, 1.54) is 57.4 Å². The minimum atomic E-state index is -2.27. The van der Waals surface area contributed by atoms with E-state index in [0.29, 0.717) is 24.7 Å². The summed E-state index contributed by atoms with van der Waals surface area (Å²) in [5, 5.41) is 101. The molecule has 4 aliphatic rings. The first-order valence-corrected chi connectivity index (χ1v) is 20.1. The summed E-state index contributed by atoms with van der Waals surface area (Å²) < 4.78 is 0. The van der Waals surface area contributed by atoms with Crippen LogP contribution in [0.25, 0.3) is 0 Å². The molecule has 10 atom stereocenters. The lowest BCUT2D eigenvalue weighted by Gasteiger charge is -2.41. The van der Waals surface area contributed by atoms with Gasteiger partial charge in [-0.2, -0.15) is 0 Å². The summed E-state index contributed by atoms with van der Waals surface area (Å²) >= 11 is 0. The first kappa shape index (κ1) is 70.4. The minimum absolute atomic E-state index is 0. The van der Waals surface area contributed by atoms with Crippen molar-refractivity contribution < 1.29 is 101 Å². The third kappa shape index (κ3) is 33.8. The number of carboxylic acids is 6. The standard InChI is InChI=1S/C9H16N2O2.3C5H12N2.3C4H6O6.CH4.B.H2/c1-7-5-4-6-10(8(2)12)11(7)9(3)13;3*1-5-3-2-4-6-7-5;3*5-1(3(7)8)2(6)4(9)10;;;/h7H,4-6H2,1-3H3;3*5-7H,2-4H2,1H3;3*1-2,5-6H,(H,7,8)(H,9,10);1H4;;1H/t;2*5-;;3*1-,2-;;;/m.10.111.../s1/i;;;;;;;;;1+1. The van der Waals surface area contributed by atoms with Crippen molar-refractivity contribution in [3.63, 3.8) is 0 Å². The molecule has 0 aromatic heterocycles. The third-order valence-electron chi connectivity index (χ3n) is 8.63. The van der Waals surface area contributed by atoms with E-state index in [2.05, 4.69) is 53.3 Å². The molecule has 0 spiro atoms. The van der Waals surface area contributed by atoms with Crippen molar-refractivity contribution in [3.05, 3.63) is 0 Å². The molecule has 29 heteroatoms. The number of hydrazine groups is 4. The molecule has 4 heterocycles. The molecule has 0 saturated carbocycles. The normalized spacial score (nSPS) is 22.2. The molecule has 2 amide bonds. The Hall–Kier alpha value is -4.66. The van der Waals surface area contributed by atoms with Gasteiger partial charge in [0.25, 0.3) is 0 Å². The van der Waals surface area contributed by atoms with Gasteiger partial charge >= 0.3 is 35.8 Å². The van der Waals surface area contributed by atoms with E-state index < -0.39 is 72.4 Å². The Morgan fingerprint density at radius 3 is 0.818 bits per heavy atom. The lowest BCUT2D eigenvalue weighted by molar-refractivity contribution is -0.170. The molecular formula is C37H76BN8O20. The van der Waals surface area contributed by atoms with Gasteiger partial charge in [-0.1, -0.05) is 7.43 Å². The number of carbonyl (C=O) groups excluding carboxylic acids is 2. The lowest BCUT2D eigenvalue weighted by Crippen LogP contribution is -2.55. The van der Waals surface area contributed by atoms with Crippen LogP contribution in [-0.4, -0.2) is 214 Å². The molecule has 0 aromatic rings. The molecule has 0 aliphatic carbocycles. The van der Waals surface area contributed by atoms with Crippen molar-refractivity contribution >= 4 is 56.0 Å². The quantitative estimate of drug-likeness (QED) is 0.0972. The van der Waals surface area contributed by atoms with Gasteiger partial charge in [0.05, 0.1) is 6.04 Å². The molecule has 18 N–H and O–H groups in total. The Morgan fingerprint density at radius 1 is 0.455 bits per heavy atom. The number of amides is 2. The van der Waals surface area contributed by atoms with E-state index in [-0.39, 0.29) is 35.1 Å². The van der Waals surface area contributed by atoms with Crippen LogP contribution >= 0.6 is 0 Å². The number of carboxylic acid groups (broad SMARTS) is 6. The second-order valence-electron chi connectivity index (χ2n) is 14.5. The van der Waals surface area contributed by atoms with Gasteiger partial charge in [0.1, 0.15) is 0 Å². The first-order valence-electron chi connectivity index (χ1n) is 20.1. The van der Waals surface area contributed by atoms with E-state index in [9.17, 15) is 38.4 Å². The molecule has 387 valence electrons. The molecule has 28 nitrogen and oxygen atoms in total. The van der Waals surface area contributed by atoms with Crippen LogP contribution in [0, 0.1) is 0 Å². The average molecular weight is 965 g/mol. The van der Waals surface area contributed by atoms with Crippen LogP contribution in [0.3, 0.4) is 0 Å². The molecule has 4 fully saturated rings. The molecule has 0 aromatic carbocycles. The summed E-state index contributed by atoms with van der Waals surface area (Å²) in [4.78, 5) is 81.1. The van der Waals surface area contributed by atoms with Crippen LogP contribution in [-0.2, 0) is 38.4 Å². The Labute approximate surface area is 386 Å². The Morgan fingerprint density at radius 2 is 0.697 bits per heavy atom. The van der Waals surface area contributed by atoms with Crippen LogP contribution in [0.15, 0.2) is 0 Å². The van der Waals surface area contributed by atoms with E-state index >= 15 is 0 Å². The van der Waals surface area contributed by atoms with E-state index in [0.717, 1.165) is 32.5 Å². The van der Waals surface area contributed by atoms with Crippen LogP contribution < -0.4 is 32.6 Å². The molecule has 3 radical (unpaired) electrons. The van der Waals surface area contributed by atoms with Crippen LogP contribution in [0.1, 0.15) is 102 Å². The highest BCUT2D eigenvalue weighted by atomic mass is 16.5. The van der Waals surface area contributed by atoms with Gasteiger partial charge in [-0.05, 0) is 79.1 Å². The Bertz CT molecular complexity index is 1240. The number of rotatable bonds is 9. The van der Waals surface area contributed by atoms with Crippen molar-refractivity contribution in [3.8, 4) is 0 Å². The first-order chi connectivity index (χ1) is 29.6. The SMILES string of the molecule is C.CC(=O)N1CCCC(C)N1C(C)=O.CC1CCCNN1.C[C@@H]1CCCNN1.C[C@H]1CCCNN1.O=C(O)[C@H](O)[C@@H](O)C(=O)O.O=C(O)[C@H](O)[C@@H](O)C(=O)O.O=C(O)[C@H](O)[C@@H](O)C(=O)O.[2HH].[B]. The second kappa shape index (κ2) is 39.5. The zero-order valence-corrected chi connectivity index (χ0v) is 37.4. The summed E-state index contributed by atoms with van der Waals surface area (Å²) in [6.45, 7) is 15.6. The van der Waals surface area contributed by atoms with E-state index in [4.69, 9.17) is 61.3 Å². The molecular weight excluding hydrogens is 887 g/mol. The Balaban J connectivity index is -0.000000162. The summed E-state index contributed by atoms with van der Waals surface area (Å²) in [5.74, 6) is -10.7. The predicted octanol–water partition coefficient (Wildman–Crippen LogP) is -4.30. The molecule has 2 unspecified atom stereocenters. The van der Waals surface area contributed by atoms with E-state index in [1.807, 2.05) is 6.92 Å². The van der Waals surface area contributed by atoms with Gasteiger partial charge < -0.3 is 61.3 Å². The molecule has 0 bridgehead atoms. The number of nitrogens with zero attached hydrogens (tertiary/aromatic N) is 2. The van der Waals surface area contributed by atoms with Crippen molar-refractivity contribution in [2.45, 2.75) is 161 Å². The summed E-state index contributed by atoms with van der Waals surface area (Å²) in [6, 6.07) is 2.17. The van der Waals surface area contributed by atoms with Gasteiger partial charge in [-0.15, -0.1) is 0 Å². The van der Waals surface area contributed by atoms with Crippen molar-refractivity contribution in [2.24, 2.45) is 0 Å². The molecule has 4 saturated heterocycles. The third-order valence-corrected chi connectivity index (χ3v) is 8.63. The highest BCUT2D eigenvalue weighted by Crippen LogP contribution is 2.18. The van der Waals surface area contributed by atoms with Crippen molar-refractivity contribution in [2.75, 3.05) is 26.2 Å². The lowest BCUT2D eigenvalue weighted by atomic mass is 10.1. The van der Waals surface area contributed by atoms with Gasteiger partial charge in [0.15, 0.2) is 36.6 Å². The summed E-state index contributed by atoms with van der Waals surface area (Å²) in [6.07, 6.45) is -3.77. The average Bonchev–Trinajstić information content (AvgIpc) is 3.23. The highest BCUT2D eigenvalue weighted by Gasteiger charge is 2.31. The molecule has 4 rings (SSSR count). The number of aliphatic carboxylic acids is 6. The topological polar surface area (TPSA) is 458 Å². The van der Waals surface area contributed by atoms with Crippen molar-refractivity contribution in [1.82, 2.24) is 42.6 Å². The number of aliphatic hydroxyl groups excluding tert-OH is 6. The van der Waals surface area contributed by atoms with Gasteiger partial charge in [0, 0.05) is 68.0 Å². The maximum absolute atomic E-state index is 11.3. The predicted molar refractivity (Wildman–Crippen MR) is 235 cm³/mol. The largest absolute Gasteiger partial charge is 0.479 e. The molecule has 66 heavy (non-hydrogen) atoms. The van der Waals surface area contributed by atoms with Gasteiger partial charge in [-0.25, -0.2) is 33.8 Å². The maximum Gasteiger partial charge on any atom is 0.335 e.